The van der Waals surface area contributed by atoms with Gasteiger partial charge in [-0.2, -0.15) is 0 Å². The molecule has 9 aromatic carbocycles. The standard InChI is InChI=1S/C64H50N4O/c1-64(2,3)50-38-39-65-62(40-50)68-58-25-11-10-22-56(58)57-37-36-53(42-61(57)68)69-52-21-14-20-51(41-52)66-43-67(60-27-13-12-26-59(60)66)63-54(48-32-28-46(29-33-48)44-16-6-4-7-17-44)23-15-24-55(63)49-34-30-47(31-35-49)45-18-8-5-9-19-45/h4-42H,43H2,1-3H3. The number of benzene rings is 9. The Morgan fingerprint density at radius 2 is 0.957 bits per heavy atom. The van der Waals surface area contributed by atoms with Gasteiger partial charge in [0.25, 0.3) is 0 Å². The number of nitrogens with zero attached hydrogens (tertiary/aromatic N) is 4. The fourth-order valence-corrected chi connectivity index (χ4v) is 9.99. The van der Waals surface area contributed by atoms with Gasteiger partial charge in [0.15, 0.2) is 0 Å². The maximum atomic E-state index is 6.81. The molecule has 0 fully saturated rings. The molecule has 0 bridgehead atoms. The minimum Gasteiger partial charge on any atom is -0.457 e. The number of anilines is 4. The summed E-state index contributed by atoms with van der Waals surface area (Å²) in [6.07, 6.45) is 1.92. The summed E-state index contributed by atoms with van der Waals surface area (Å²) in [6, 6.07) is 82.4. The summed E-state index contributed by atoms with van der Waals surface area (Å²) in [5, 5.41) is 2.33. The van der Waals surface area contributed by atoms with Gasteiger partial charge >= 0.3 is 0 Å². The zero-order valence-electron chi connectivity index (χ0n) is 38.9. The van der Waals surface area contributed by atoms with Gasteiger partial charge in [0.2, 0.25) is 0 Å². The average Bonchev–Trinajstić information content (AvgIpc) is 3.95. The van der Waals surface area contributed by atoms with Gasteiger partial charge in [-0.1, -0.05) is 185 Å². The minimum absolute atomic E-state index is 0.0154. The maximum Gasteiger partial charge on any atom is 0.137 e. The normalized spacial score (nSPS) is 12.4. The first-order valence-corrected chi connectivity index (χ1v) is 23.7. The molecule has 0 aliphatic carbocycles. The van der Waals surface area contributed by atoms with Crippen molar-refractivity contribution in [1.29, 1.82) is 0 Å². The van der Waals surface area contributed by atoms with Gasteiger partial charge in [-0.15, -0.1) is 0 Å². The van der Waals surface area contributed by atoms with Crippen molar-refractivity contribution < 1.29 is 4.74 Å². The van der Waals surface area contributed by atoms with E-state index in [1.165, 1.54) is 44.3 Å². The first-order chi connectivity index (χ1) is 33.8. The monoisotopic (exact) mass is 890 g/mol. The number of hydrogen-bond acceptors (Lipinski definition) is 4. The molecular formula is C64H50N4O. The molecule has 3 heterocycles. The molecule has 0 saturated carbocycles. The molecule has 332 valence electrons. The van der Waals surface area contributed by atoms with Crippen LogP contribution in [-0.2, 0) is 5.41 Å². The van der Waals surface area contributed by atoms with Crippen molar-refractivity contribution in [2.24, 2.45) is 0 Å². The van der Waals surface area contributed by atoms with E-state index in [2.05, 4.69) is 260 Å². The van der Waals surface area contributed by atoms with E-state index in [-0.39, 0.29) is 5.41 Å². The zero-order valence-corrected chi connectivity index (χ0v) is 38.9. The van der Waals surface area contributed by atoms with Crippen LogP contribution >= 0.6 is 0 Å². The molecule has 0 unspecified atom stereocenters. The molecule has 5 heteroatoms. The Hall–Kier alpha value is -8.67. The SMILES string of the molecule is CC(C)(C)c1ccnc(-n2c3ccccc3c3ccc(Oc4cccc(N5CN(c6c(-c7ccc(-c8ccccc8)cc7)cccc6-c6ccc(-c7ccccc7)cc6)c6ccccc65)c4)cc32)c1. The van der Waals surface area contributed by atoms with Crippen LogP contribution in [0.5, 0.6) is 11.5 Å². The fourth-order valence-electron chi connectivity index (χ4n) is 9.99. The van der Waals surface area contributed by atoms with Crippen LogP contribution in [0.2, 0.25) is 0 Å². The quantitative estimate of drug-likeness (QED) is 0.145. The predicted molar refractivity (Wildman–Crippen MR) is 288 cm³/mol. The van der Waals surface area contributed by atoms with Crippen LogP contribution in [0.25, 0.3) is 72.1 Å². The van der Waals surface area contributed by atoms with Gasteiger partial charge in [-0.25, -0.2) is 4.98 Å². The van der Waals surface area contributed by atoms with Gasteiger partial charge in [-0.3, -0.25) is 4.57 Å². The predicted octanol–water partition coefficient (Wildman–Crippen LogP) is 17.2. The van der Waals surface area contributed by atoms with E-state index in [1.807, 2.05) is 12.3 Å². The zero-order chi connectivity index (χ0) is 46.5. The Balaban J connectivity index is 0.921. The second-order valence-corrected chi connectivity index (χ2v) is 18.9. The van der Waals surface area contributed by atoms with Gasteiger partial charge < -0.3 is 14.5 Å². The highest BCUT2D eigenvalue weighted by atomic mass is 16.5. The van der Waals surface area contributed by atoms with Crippen LogP contribution in [0.15, 0.2) is 237 Å². The topological polar surface area (TPSA) is 33.5 Å². The van der Waals surface area contributed by atoms with Gasteiger partial charge in [0, 0.05) is 45.9 Å². The minimum atomic E-state index is -0.0154. The average molecular weight is 891 g/mol. The summed E-state index contributed by atoms with van der Waals surface area (Å²) in [4.78, 5) is 9.78. The Bertz CT molecular complexity index is 3550. The van der Waals surface area contributed by atoms with E-state index in [0.29, 0.717) is 6.67 Å². The third kappa shape index (κ3) is 7.78. The number of para-hydroxylation sites is 4. The first kappa shape index (κ1) is 41.7. The molecule has 0 amide bonds. The molecule has 69 heavy (non-hydrogen) atoms. The molecule has 1 aliphatic rings. The second kappa shape index (κ2) is 17.2. The van der Waals surface area contributed by atoms with Crippen LogP contribution in [0.4, 0.5) is 22.7 Å². The Labute approximate surface area is 403 Å². The number of rotatable bonds is 9. The van der Waals surface area contributed by atoms with Crippen molar-refractivity contribution >= 4 is 44.6 Å². The molecule has 0 saturated heterocycles. The molecule has 0 spiro atoms. The lowest BCUT2D eigenvalue weighted by Gasteiger charge is -2.27. The van der Waals surface area contributed by atoms with E-state index in [0.717, 1.165) is 67.6 Å². The van der Waals surface area contributed by atoms with E-state index in [1.54, 1.807) is 0 Å². The molecule has 2 aromatic heterocycles. The third-order valence-corrected chi connectivity index (χ3v) is 13.5. The molecule has 11 aromatic rings. The number of pyridine rings is 1. The van der Waals surface area contributed by atoms with Crippen LogP contribution in [-0.4, -0.2) is 16.2 Å². The van der Waals surface area contributed by atoms with E-state index < -0.39 is 0 Å². The van der Waals surface area contributed by atoms with Gasteiger partial charge in [-0.05, 0) is 99.0 Å². The molecule has 12 rings (SSSR count). The summed E-state index contributed by atoms with van der Waals surface area (Å²) in [5.74, 6) is 2.41. The largest absolute Gasteiger partial charge is 0.457 e. The smallest absolute Gasteiger partial charge is 0.137 e. The number of ether oxygens (including phenoxy) is 1. The Morgan fingerprint density at radius 1 is 0.420 bits per heavy atom. The van der Waals surface area contributed by atoms with E-state index in [4.69, 9.17) is 9.72 Å². The first-order valence-electron chi connectivity index (χ1n) is 23.7. The Kier molecular flexibility index (Phi) is 10.4. The van der Waals surface area contributed by atoms with Crippen LogP contribution in [0.3, 0.4) is 0 Å². The van der Waals surface area contributed by atoms with Crippen molar-refractivity contribution in [2.75, 3.05) is 16.5 Å². The van der Waals surface area contributed by atoms with Gasteiger partial charge in [0.1, 0.15) is 24.0 Å². The molecule has 1 aliphatic heterocycles. The number of hydrogen-bond donors (Lipinski definition) is 0. The molecular weight excluding hydrogens is 841 g/mol. The van der Waals surface area contributed by atoms with Gasteiger partial charge in [0.05, 0.1) is 28.1 Å². The Morgan fingerprint density at radius 3 is 1.61 bits per heavy atom. The van der Waals surface area contributed by atoms with Crippen molar-refractivity contribution in [1.82, 2.24) is 9.55 Å². The highest BCUT2D eigenvalue weighted by molar-refractivity contribution is 6.09. The summed E-state index contributed by atoms with van der Waals surface area (Å²) in [5.41, 5.74) is 17.3. The van der Waals surface area contributed by atoms with Crippen molar-refractivity contribution in [3.8, 4) is 61.8 Å². The lowest BCUT2D eigenvalue weighted by Crippen LogP contribution is -2.25. The lowest BCUT2D eigenvalue weighted by molar-refractivity contribution is 0.483. The molecule has 0 N–H and O–H groups in total. The number of aromatic nitrogens is 2. The highest BCUT2D eigenvalue weighted by Gasteiger charge is 2.31. The summed E-state index contributed by atoms with van der Waals surface area (Å²) >= 11 is 0. The van der Waals surface area contributed by atoms with Crippen LogP contribution in [0.1, 0.15) is 26.3 Å². The molecule has 5 nitrogen and oxygen atoms in total. The summed E-state index contributed by atoms with van der Waals surface area (Å²) in [6.45, 7) is 7.32. The van der Waals surface area contributed by atoms with E-state index in [9.17, 15) is 0 Å². The van der Waals surface area contributed by atoms with Crippen LogP contribution < -0.4 is 14.5 Å². The third-order valence-electron chi connectivity index (χ3n) is 13.5. The maximum absolute atomic E-state index is 6.81. The molecule has 0 atom stereocenters. The van der Waals surface area contributed by atoms with E-state index >= 15 is 0 Å². The van der Waals surface area contributed by atoms with Crippen molar-refractivity contribution in [3.05, 3.63) is 242 Å². The highest BCUT2D eigenvalue weighted by Crippen LogP contribution is 2.51. The second-order valence-electron chi connectivity index (χ2n) is 18.9. The fraction of sp³-hybridized carbons (Fsp3) is 0.0781. The summed E-state index contributed by atoms with van der Waals surface area (Å²) < 4.78 is 9.08. The number of fused-ring (bicyclic) bond motifs is 4. The lowest BCUT2D eigenvalue weighted by atomic mass is 9.88. The van der Waals surface area contributed by atoms with Crippen LogP contribution in [0, 0.1) is 0 Å². The molecule has 0 radical (unpaired) electrons. The summed E-state index contributed by atoms with van der Waals surface area (Å²) in [7, 11) is 0. The van der Waals surface area contributed by atoms with Crippen molar-refractivity contribution in [2.45, 2.75) is 26.2 Å². The van der Waals surface area contributed by atoms with Crippen molar-refractivity contribution in [3.63, 3.8) is 0 Å².